The Balaban J connectivity index is 2.02. The van der Waals surface area contributed by atoms with E-state index in [0.717, 1.165) is 24.3 Å². The maximum absolute atomic E-state index is 12.0. The fourth-order valence-electron chi connectivity index (χ4n) is 2.55. The number of ether oxygens (including phenoxy) is 1. The van der Waals surface area contributed by atoms with Crippen molar-refractivity contribution in [2.45, 2.75) is 32.7 Å². The summed E-state index contributed by atoms with van der Waals surface area (Å²) in [4.78, 5) is 13.8. The van der Waals surface area contributed by atoms with Crippen molar-refractivity contribution in [1.29, 1.82) is 0 Å². The third-order valence-electron chi connectivity index (χ3n) is 3.80. The van der Waals surface area contributed by atoms with E-state index in [1.54, 1.807) is 0 Å². The third kappa shape index (κ3) is 3.31. The van der Waals surface area contributed by atoms with Crippen molar-refractivity contribution in [3.8, 4) is 5.75 Å². The number of aliphatic hydroxyl groups excluding tert-OH is 1. The molecule has 1 aromatic carbocycles. The van der Waals surface area contributed by atoms with Crippen LogP contribution in [0.1, 0.15) is 38.3 Å². The van der Waals surface area contributed by atoms with Gasteiger partial charge in [-0.25, -0.2) is 0 Å². The van der Waals surface area contributed by atoms with Crippen LogP contribution < -0.4 is 4.74 Å². The minimum absolute atomic E-state index is 0.0410. The number of likely N-dealkylation sites (tertiary alicyclic amines) is 1. The third-order valence-corrected chi connectivity index (χ3v) is 3.80. The van der Waals surface area contributed by atoms with Gasteiger partial charge in [0.15, 0.2) is 0 Å². The van der Waals surface area contributed by atoms with E-state index < -0.39 is 0 Å². The number of benzene rings is 1. The first-order chi connectivity index (χ1) is 9.65. The van der Waals surface area contributed by atoms with Crippen LogP contribution in [0.5, 0.6) is 5.75 Å². The number of amides is 1. The van der Waals surface area contributed by atoms with E-state index in [4.69, 9.17) is 4.74 Å². The zero-order valence-electron chi connectivity index (χ0n) is 12.2. The Kier molecular flexibility index (Phi) is 5.01. The van der Waals surface area contributed by atoms with Crippen molar-refractivity contribution in [2.75, 3.05) is 19.8 Å². The van der Waals surface area contributed by atoms with Crippen LogP contribution in [-0.4, -0.2) is 35.7 Å². The molecule has 4 nitrogen and oxygen atoms in total. The topological polar surface area (TPSA) is 49.8 Å². The van der Waals surface area contributed by atoms with Crippen molar-refractivity contribution < 1.29 is 14.6 Å². The minimum Gasteiger partial charge on any atom is -0.494 e. The molecular formula is C16H23NO3. The largest absolute Gasteiger partial charge is 0.494 e. The van der Waals surface area contributed by atoms with Crippen LogP contribution in [0.15, 0.2) is 24.3 Å². The van der Waals surface area contributed by atoms with Crippen LogP contribution in [0.25, 0.3) is 0 Å². The Hall–Kier alpha value is -1.55. The molecule has 110 valence electrons. The van der Waals surface area contributed by atoms with E-state index in [1.165, 1.54) is 0 Å². The maximum atomic E-state index is 12.0. The fourth-order valence-corrected chi connectivity index (χ4v) is 2.55. The van der Waals surface area contributed by atoms with Crippen LogP contribution in [0.3, 0.4) is 0 Å². The zero-order chi connectivity index (χ0) is 14.5. The number of hydrogen-bond donors (Lipinski definition) is 1. The molecule has 20 heavy (non-hydrogen) atoms. The van der Waals surface area contributed by atoms with Gasteiger partial charge in [-0.05, 0) is 31.0 Å². The molecule has 1 fully saturated rings. The molecule has 0 radical (unpaired) electrons. The monoisotopic (exact) mass is 277 g/mol. The molecule has 1 aromatic rings. The van der Waals surface area contributed by atoms with Gasteiger partial charge in [0, 0.05) is 25.5 Å². The number of aliphatic hydroxyl groups is 1. The van der Waals surface area contributed by atoms with Gasteiger partial charge in [0.1, 0.15) is 5.75 Å². The summed E-state index contributed by atoms with van der Waals surface area (Å²) in [6, 6.07) is 7.96. The highest BCUT2D eigenvalue weighted by Crippen LogP contribution is 2.29. The second-order valence-corrected chi connectivity index (χ2v) is 5.39. The Labute approximate surface area is 120 Å². The van der Waals surface area contributed by atoms with Crippen molar-refractivity contribution in [3.63, 3.8) is 0 Å². The molecule has 0 bridgehead atoms. The summed E-state index contributed by atoms with van der Waals surface area (Å²) in [5.74, 6) is 1.07. The van der Waals surface area contributed by atoms with E-state index in [0.29, 0.717) is 13.0 Å². The van der Waals surface area contributed by atoms with Crippen molar-refractivity contribution in [2.24, 2.45) is 5.92 Å². The first kappa shape index (κ1) is 14.9. The molecule has 1 N–H and O–H groups in total. The van der Waals surface area contributed by atoms with Gasteiger partial charge in [0.2, 0.25) is 5.91 Å². The Morgan fingerprint density at radius 3 is 2.65 bits per heavy atom. The molecule has 0 saturated carbocycles. The summed E-state index contributed by atoms with van der Waals surface area (Å²) >= 11 is 0. The van der Waals surface area contributed by atoms with Crippen molar-refractivity contribution >= 4 is 5.91 Å². The van der Waals surface area contributed by atoms with Crippen molar-refractivity contribution in [1.82, 2.24) is 4.90 Å². The molecule has 2 unspecified atom stereocenters. The molecule has 0 aromatic heterocycles. The number of carbonyl (C=O) groups is 1. The lowest BCUT2D eigenvalue weighted by Gasteiger charge is -2.25. The van der Waals surface area contributed by atoms with E-state index in [-0.39, 0.29) is 24.5 Å². The molecule has 1 aliphatic heterocycles. The Morgan fingerprint density at radius 1 is 1.40 bits per heavy atom. The normalized spacial score (nSPS) is 20.2. The molecular weight excluding hydrogens is 254 g/mol. The van der Waals surface area contributed by atoms with Gasteiger partial charge in [-0.15, -0.1) is 0 Å². The number of rotatable bonds is 6. The fraction of sp³-hybridized carbons (Fsp3) is 0.562. The van der Waals surface area contributed by atoms with Gasteiger partial charge in [0.05, 0.1) is 12.6 Å². The molecule has 0 aliphatic carbocycles. The lowest BCUT2D eigenvalue weighted by molar-refractivity contribution is -0.129. The van der Waals surface area contributed by atoms with Crippen LogP contribution >= 0.6 is 0 Å². The van der Waals surface area contributed by atoms with Crippen LogP contribution in [0, 0.1) is 5.92 Å². The molecule has 1 amide bonds. The minimum atomic E-state index is 0.0410. The number of nitrogens with zero attached hydrogens (tertiary/aromatic N) is 1. The second kappa shape index (κ2) is 6.75. The highest BCUT2D eigenvalue weighted by molar-refractivity contribution is 5.79. The van der Waals surface area contributed by atoms with Gasteiger partial charge in [-0.1, -0.05) is 19.1 Å². The van der Waals surface area contributed by atoms with Crippen LogP contribution in [0.4, 0.5) is 0 Å². The Morgan fingerprint density at radius 2 is 2.10 bits per heavy atom. The summed E-state index contributed by atoms with van der Waals surface area (Å²) in [5, 5.41) is 9.18. The molecule has 0 spiro atoms. The highest BCUT2D eigenvalue weighted by Gasteiger charge is 2.32. The van der Waals surface area contributed by atoms with E-state index in [9.17, 15) is 9.90 Å². The lowest BCUT2D eigenvalue weighted by Crippen LogP contribution is -2.28. The summed E-state index contributed by atoms with van der Waals surface area (Å²) in [7, 11) is 0. The summed E-state index contributed by atoms with van der Waals surface area (Å²) in [5.41, 5.74) is 1.10. The molecule has 4 heteroatoms. The first-order valence-electron chi connectivity index (χ1n) is 7.28. The Bertz CT molecular complexity index is 444. The molecule has 2 atom stereocenters. The van der Waals surface area contributed by atoms with Crippen LogP contribution in [0.2, 0.25) is 0 Å². The predicted molar refractivity (Wildman–Crippen MR) is 77.5 cm³/mol. The quantitative estimate of drug-likeness (QED) is 0.868. The van der Waals surface area contributed by atoms with E-state index in [1.807, 2.05) is 36.1 Å². The summed E-state index contributed by atoms with van der Waals surface area (Å²) in [6.45, 7) is 5.55. The molecule has 1 heterocycles. The van der Waals surface area contributed by atoms with Crippen LogP contribution in [-0.2, 0) is 4.79 Å². The standard InChI is InChI=1S/C16H23NO3/c1-3-8-20-15-6-4-14(5-7-15)12(2)17-10-13(11-18)9-16(17)19/h4-7,12-13,18H,3,8-11H2,1-2H3. The summed E-state index contributed by atoms with van der Waals surface area (Å²) < 4.78 is 5.56. The number of hydrogen-bond acceptors (Lipinski definition) is 3. The van der Waals surface area contributed by atoms with Gasteiger partial charge in [-0.3, -0.25) is 4.79 Å². The predicted octanol–water partition coefficient (Wildman–Crippen LogP) is 2.38. The average Bonchev–Trinajstić information content (AvgIpc) is 2.86. The van der Waals surface area contributed by atoms with E-state index >= 15 is 0 Å². The number of carbonyl (C=O) groups excluding carboxylic acids is 1. The smallest absolute Gasteiger partial charge is 0.223 e. The van der Waals surface area contributed by atoms with Gasteiger partial charge in [-0.2, -0.15) is 0 Å². The highest BCUT2D eigenvalue weighted by atomic mass is 16.5. The second-order valence-electron chi connectivity index (χ2n) is 5.39. The van der Waals surface area contributed by atoms with Gasteiger partial charge >= 0.3 is 0 Å². The van der Waals surface area contributed by atoms with E-state index in [2.05, 4.69) is 6.92 Å². The van der Waals surface area contributed by atoms with Crippen molar-refractivity contribution in [3.05, 3.63) is 29.8 Å². The molecule has 1 saturated heterocycles. The zero-order valence-corrected chi connectivity index (χ0v) is 12.2. The lowest BCUT2D eigenvalue weighted by atomic mass is 10.1. The van der Waals surface area contributed by atoms with Gasteiger partial charge < -0.3 is 14.7 Å². The molecule has 2 rings (SSSR count). The summed E-state index contributed by atoms with van der Waals surface area (Å²) in [6.07, 6.45) is 1.45. The van der Waals surface area contributed by atoms with Gasteiger partial charge in [0.25, 0.3) is 0 Å². The molecule has 1 aliphatic rings. The SMILES string of the molecule is CCCOc1ccc(C(C)N2CC(CO)CC2=O)cc1. The first-order valence-corrected chi connectivity index (χ1v) is 7.28. The maximum Gasteiger partial charge on any atom is 0.223 e. The average molecular weight is 277 g/mol.